The van der Waals surface area contributed by atoms with Crippen molar-refractivity contribution in [3.05, 3.63) is 35.7 Å². The van der Waals surface area contributed by atoms with Gasteiger partial charge in [-0.2, -0.15) is 4.31 Å². The lowest BCUT2D eigenvalue weighted by atomic mass is 10.1. The van der Waals surface area contributed by atoms with E-state index in [4.69, 9.17) is 4.52 Å². The summed E-state index contributed by atoms with van der Waals surface area (Å²) in [4.78, 5) is 15.0. The van der Waals surface area contributed by atoms with Crippen molar-refractivity contribution < 1.29 is 17.7 Å². The molecule has 0 atom stereocenters. The van der Waals surface area contributed by atoms with Crippen LogP contribution in [0.15, 0.2) is 33.7 Å². The Morgan fingerprint density at radius 2 is 1.86 bits per heavy atom. The van der Waals surface area contributed by atoms with Gasteiger partial charge in [-0.05, 0) is 44.4 Å². The van der Waals surface area contributed by atoms with Crippen molar-refractivity contribution in [2.75, 3.05) is 36.4 Å². The third-order valence-corrected chi connectivity index (χ3v) is 7.16. The average Bonchev–Trinajstić information content (AvgIpc) is 3.16. The number of aromatic nitrogens is 1. The van der Waals surface area contributed by atoms with E-state index in [1.165, 1.54) is 10.7 Å². The predicted molar refractivity (Wildman–Crippen MR) is 112 cm³/mol. The van der Waals surface area contributed by atoms with Crippen LogP contribution in [0.3, 0.4) is 0 Å². The molecule has 1 N–H and O–H groups in total. The maximum absolute atomic E-state index is 13.0. The number of sulfonamides is 1. The summed E-state index contributed by atoms with van der Waals surface area (Å²) in [6, 6.07) is 6.49. The topological polar surface area (TPSA) is 95.8 Å². The molecule has 3 rings (SSSR count). The van der Waals surface area contributed by atoms with Gasteiger partial charge in [0.15, 0.2) is 5.69 Å². The van der Waals surface area contributed by atoms with Gasteiger partial charge in [-0.3, -0.25) is 4.79 Å². The lowest BCUT2D eigenvalue weighted by molar-refractivity contribution is 0.101. The van der Waals surface area contributed by atoms with Gasteiger partial charge in [-0.1, -0.05) is 19.0 Å². The lowest BCUT2D eigenvalue weighted by Gasteiger charge is -2.31. The van der Waals surface area contributed by atoms with Gasteiger partial charge in [0.2, 0.25) is 10.0 Å². The maximum atomic E-state index is 13.0. The quantitative estimate of drug-likeness (QED) is 0.739. The van der Waals surface area contributed by atoms with Crippen LogP contribution >= 0.6 is 0 Å². The van der Waals surface area contributed by atoms with Crippen molar-refractivity contribution in [2.45, 2.75) is 44.9 Å². The molecule has 1 fully saturated rings. The zero-order chi connectivity index (χ0) is 21.0. The van der Waals surface area contributed by atoms with Crippen LogP contribution in [0.4, 0.5) is 11.4 Å². The average molecular weight is 421 g/mol. The second-order valence-corrected chi connectivity index (χ2v) is 9.03. The van der Waals surface area contributed by atoms with Gasteiger partial charge in [-0.25, -0.2) is 8.42 Å². The van der Waals surface area contributed by atoms with Gasteiger partial charge in [0.25, 0.3) is 5.91 Å². The molecule has 1 amide bonds. The van der Waals surface area contributed by atoms with E-state index < -0.39 is 15.9 Å². The number of aryl methyl sites for hydroxylation is 1. The molecule has 29 heavy (non-hydrogen) atoms. The summed E-state index contributed by atoms with van der Waals surface area (Å²) in [6.45, 7) is 7.82. The summed E-state index contributed by atoms with van der Waals surface area (Å²) in [7, 11) is -3.64. The molecule has 2 aromatic rings. The van der Waals surface area contributed by atoms with E-state index >= 15 is 0 Å². The summed E-state index contributed by atoms with van der Waals surface area (Å²) in [5.41, 5.74) is 1.44. The van der Waals surface area contributed by atoms with E-state index in [2.05, 4.69) is 15.4 Å². The SMILES string of the molecule is CCN(CC)S(=O)(=O)c1ccc(N2CCCCC2)c(NC(=O)c2cc(C)on2)c1. The molecule has 1 saturated heterocycles. The number of rotatable bonds is 7. The fraction of sp³-hybridized carbons (Fsp3) is 0.500. The minimum Gasteiger partial charge on any atom is -0.370 e. The van der Waals surface area contributed by atoms with Crippen LogP contribution in [-0.4, -0.2) is 50.0 Å². The number of nitrogens with zero attached hydrogens (tertiary/aromatic N) is 3. The maximum Gasteiger partial charge on any atom is 0.277 e. The second kappa shape index (κ2) is 8.96. The first-order valence-corrected chi connectivity index (χ1v) is 11.4. The molecule has 1 aliphatic rings. The molecule has 9 heteroatoms. The Labute approximate surface area is 171 Å². The Bertz CT molecular complexity index is 961. The molecule has 0 aliphatic carbocycles. The van der Waals surface area contributed by atoms with E-state index in [0.717, 1.165) is 31.6 Å². The number of amides is 1. The fourth-order valence-electron chi connectivity index (χ4n) is 3.56. The smallest absolute Gasteiger partial charge is 0.277 e. The van der Waals surface area contributed by atoms with Gasteiger partial charge in [0.05, 0.1) is 16.3 Å². The highest BCUT2D eigenvalue weighted by Crippen LogP contribution is 2.32. The van der Waals surface area contributed by atoms with Crippen molar-refractivity contribution in [2.24, 2.45) is 0 Å². The van der Waals surface area contributed by atoms with Crippen molar-refractivity contribution in [1.82, 2.24) is 9.46 Å². The van der Waals surface area contributed by atoms with Crippen LogP contribution in [0, 0.1) is 6.92 Å². The van der Waals surface area contributed by atoms with Crippen LogP contribution < -0.4 is 10.2 Å². The predicted octanol–water partition coefficient (Wildman–Crippen LogP) is 3.26. The Kier molecular flexibility index (Phi) is 6.59. The molecule has 1 aromatic heterocycles. The summed E-state index contributed by atoms with van der Waals surface area (Å²) >= 11 is 0. The highest BCUT2D eigenvalue weighted by atomic mass is 32.2. The molecule has 1 aromatic carbocycles. The largest absolute Gasteiger partial charge is 0.370 e. The normalized spacial score (nSPS) is 15.0. The van der Waals surface area contributed by atoms with Gasteiger partial charge >= 0.3 is 0 Å². The Morgan fingerprint density at radius 1 is 1.17 bits per heavy atom. The molecule has 0 saturated carbocycles. The first-order chi connectivity index (χ1) is 13.9. The minimum atomic E-state index is -3.64. The van der Waals surface area contributed by atoms with Crippen molar-refractivity contribution in [1.29, 1.82) is 0 Å². The van der Waals surface area contributed by atoms with E-state index in [1.54, 1.807) is 45.0 Å². The van der Waals surface area contributed by atoms with E-state index in [9.17, 15) is 13.2 Å². The molecular formula is C20H28N4O4S. The van der Waals surface area contributed by atoms with Gasteiger partial charge in [0.1, 0.15) is 5.76 Å². The standard InChI is InChI=1S/C20H28N4O4S/c1-4-24(5-2)29(26,27)16-9-10-19(23-11-7-6-8-12-23)17(14-16)21-20(25)18-13-15(3)28-22-18/h9-10,13-14H,4-8,11-12H2,1-3H3,(H,21,25). The number of piperidine rings is 1. The zero-order valence-corrected chi connectivity index (χ0v) is 18.0. The Morgan fingerprint density at radius 3 is 2.45 bits per heavy atom. The first-order valence-electron chi connectivity index (χ1n) is 10.0. The number of carbonyl (C=O) groups is 1. The van der Waals surface area contributed by atoms with Gasteiger partial charge in [-0.15, -0.1) is 0 Å². The molecule has 158 valence electrons. The first kappa shape index (κ1) is 21.3. The van der Waals surface area contributed by atoms with Crippen LogP contribution in [0.1, 0.15) is 49.4 Å². The number of benzene rings is 1. The molecule has 2 heterocycles. The molecule has 1 aliphatic heterocycles. The van der Waals surface area contributed by atoms with Crippen LogP contribution in [-0.2, 0) is 10.0 Å². The lowest BCUT2D eigenvalue weighted by Crippen LogP contribution is -2.32. The zero-order valence-electron chi connectivity index (χ0n) is 17.1. The van der Waals surface area contributed by atoms with E-state index in [-0.39, 0.29) is 10.6 Å². The second-order valence-electron chi connectivity index (χ2n) is 7.09. The molecule has 8 nitrogen and oxygen atoms in total. The third-order valence-electron chi connectivity index (χ3n) is 5.12. The van der Waals surface area contributed by atoms with E-state index in [1.807, 2.05) is 0 Å². The summed E-state index contributed by atoms with van der Waals surface area (Å²) in [6.07, 6.45) is 3.30. The molecule has 0 bridgehead atoms. The number of hydrogen-bond donors (Lipinski definition) is 1. The molecule has 0 radical (unpaired) electrons. The van der Waals surface area contributed by atoms with Crippen molar-refractivity contribution >= 4 is 27.3 Å². The third kappa shape index (κ3) is 4.62. The van der Waals surface area contributed by atoms with Gasteiger partial charge < -0.3 is 14.7 Å². The Balaban J connectivity index is 2.00. The summed E-state index contributed by atoms with van der Waals surface area (Å²) in [5.74, 6) is 0.0989. The van der Waals surface area contributed by atoms with Crippen LogP contribution in [0.5, 0.6) is 0 Å². The summed E-state index contributed by atoms with van der Waals surface area (Å²) < 4.78 is 32.3. The van der Waals surface area contributed by atoms with Crippen LogP contribution in [0.2, 0.25) is 0 Å². The fourth-order valence-corrected chi connectivity index (χ4v) is 5.04. The highest BCUT2D eigenvalue weighted by Gasteiger charge is 2.25. The highest BCUT2D eigenvalue weighted by molar-refractivity contribution is 7.89. The number of hydrogen-bond acceptors (Lipinski definition) is 6. The van der Waals surface area contributed by atoms with Crippen molar-refractivity contribution in [3.8, 4) is 0 Å². The number of carbonyl (C=O) groups excluding carboxylic acids is 1. The van der Waals surface area contributed by atoms with E-state index in [0.29, 0.717) is 24.5 Å². The number of anilines is 2. The van der Waals surface area contributed by atoms with Crippen LogP contribution in [0.25, 0.3) is 0 Å². The van der Waals surface area contributed by atoms with Gasteiger partial charge in [0, 0.05) is 32.2 Å². The summed E-state index contributed by atoms with van der Waals surface area (Å²) in [5, 5.41) is 6.59. The molecule has 0 unspecified atom stereocenters. The number of nitrogens with one attached hydrogen (secondary N) is 1. The Hall–Kier alpha value is -2.39. The molecular weight excluding hydrogens is 392 g/mol. The monoisotopic (exact) mass is 420 g/mol. The minimum absolute atomic E-state index is 0.157. The molecule has 0 spiro atoms. The van der Waals surface area contributed by atoms with Crippen molar-refractivity contribution in [3.63, 3.8) is 0 Å².